The van der Waals surface area contributed by atoms with Gasteiger partial charge in [0.25, 0.3) is 5.91 Å². The van der Waals surface area contributed by atoms with E-state index in [2.05, 4.69) is 15.5 Å². The normalized spacial score (nSPS) is 11.0. The number of ether oxygens (including phenoxy) is 1. The minimum Gasteiger partial charge on any atom is -0.488 e. The quantitative estimate of drug-likeness (QED) is 0.395. The first-order chi connectivity index (χ1) is 14.0. The van der Waals surface area contributed by atoms with E-state index in [0.717, 1.165) is 11.3 Å². The fraction of sp³-hybridized carbons (Fsp3) is 0.150. The molecule has 1 heterocycles. The third-order valence-electron chi connectivity index (χ3n) is 3.98. The second-order valence-corrected chi connectivity index (χ2v) is 7.75. The fourth-order valence-corrected chi connectivity index (χ4v) is 3.85. The second-order valence-electron chi connectivity index (χ2n) is 5.91. The number of hydrazone groups is 1. The van der Waals surface area contributed by atoms with E-state index in [-0.39, 0.29) is 12.5 Å². The minimum atomic E-state index is -0.353. The molecule has 2 aromatic carbocycles. The van der Waals surface area contributed by atoms with Gasteiger partial charge < -0.3 is 10.5 Å². The molecule has 6 nitrogen and oxygen atoms in total. The van der Waals surface area contributed by atoms with Gasteiger partial charge in [-0.25, -0.2) is 10.4 Å². The summed E-state index contributed by atoms with van der Waals surface area (Å²) in [6.07, 6.45) is 2.12. The first-order valence-corrected chi connectivity index (χ1v) is 10.3. The first kappa shape index (κ1) is 21.1. The Bertz CT molecular complexity index is 1030. The lowest BCUT2D eigenvalue weighted by atomic mass is 10.2. The van der Waals surface area contributed by atoms with Crippen LogP contribution in [0.1, 0.15) is 33.4 Å². The number of para-hydroxylation sites is 1. The van der Waals surface area contributed by atoms with Gasteiger partial charge in [0.1, 0.15) is 17.2 Å². The third kappa shape index (κ3) is 5.26. The van der Waals surface area contributed by atoms with Gasteiger partial charge in [0.05, 0.1) is 11.9 Å². The molecule has 0 aliphatic rings. The number of hydrogen-bond donors (Lipinski definition) is 2. The van der Waals surface area contributed by atoms with Crippen LogP contribution < -0.4 is 15.9 Å². The molecule has 0 radical (unpaired) electrons. The maximum atomic E-state index is 12.3. The van der Waals surface area contributed by atoms with Crippen LogP contribution in [-0.2, 0) is 13.0 Å². The van der Waals surface area contributed by atoms with E-state index in [1.165, 1.54) is 6.21 Å². The van der Waals surface area contributed by atoms with Crippen LogP contribution in [0.2, 0.25) is 10.0 Å². The Kier molecular flexibility index (Phi) is 7.09. The number of amides is 1. The summed E-state index contributed by atoms with van der Waals surface area (Å²) in [5.74, 6) is 0.228. The zero-order chi connectivity index (χ0) is 20.8. The molecule has 3 aromatic rings. The van der Waals surface area contributed by atoms with Crippen molar-refractivity contribution in [3.8, 4) is 5.75 Å². The average molecular weight is 449 g/mol. The molecular formula is C20H18Cl2N4O2S. The zero-order valence-electron chi connectivity index (χ0n) is 15.5. The lowest BCUT2D eigenvalue weighted by molar-refractivity contribution is 0.0958. The highest BCUT2D eigenvalue weighted by Gasteiger charge is 2.15. The van der Waals surface area contributed by atoms with E-state index in [4.69, 9.17) is 33.7 Å². The van der Waals surface area contributed by atoms with Gasteiger partial charge in [0.15, 0.2) is 5.13 Å². The fourth-order valence-electron chi connectivity index (χ4n) is 2.54. The summed E-state index contributed by atoms with van der Waals surface area (Å²) in [6.45, 7) is 2.11. The molecule has 0 fully saturated rings. The molecule has 1 amide bonds. The van der Waals surface area contributed by atoms with Crippen LogP contribution in [0.5, 0.6) is 5.75 Å². The predicted molar refractivity (Wildman–Crippen MR) is 118 cm³/mol. The van der Waals surface area contributed by atoms with Gasteiger partial charge in [-0.2, -0.15) is 5.10 Å². The number of anilines is 1. The van der Waals surface area contributed by atoms with Crippen molar-refractivity contribution in [3.05, 3.63) is 74.2 Å². The van der Waals surface area contributed by atoms with Crippen LogP contribution in [0.4, 0.5) is 5.13 Å². The molecule has 0 unspecified atom stereocenters. The molecule has 0 aliphatic heterocycles. The SMILES string of the molecule is CCc1nc(N)sc1C(=O)N/N=C/c1ccccc1OCc1c(Cl)cccc1Cl. The number of aryl methyl sites for hydroxylation is 1. The molecule has 0 atom stereocenters. The molecule has 9 heteroatoms. The average Bonchev–Trinajstić information content (AvgIpc) is 3.09. The van der Waals surface area contributed by atoms with Gasteiger partial charge in [-0.3, -0.25) is 4.79 Å². The van der Waals surface area contributed by atoms with Crippen LogP contribution in [0.25, 0.3) is 0 Å². The number of nitrogens with zero attached hydrogens (tertiary/aromatic N) is 2. The van der Waals surface area contributed by atoms with Gasteiger partial charge in [-0.05, 0) is 30.7 Å². The van der Waals surface area contributed by atoms with E-state index < -0.39 is 0 Å². The van der Waals surface area contributed by atoms with Crippen LogP contribution in [0, 0.1) is 0 Å². The Morgan fingerprint density at radius 1 is 1.24 bits per heavy atom. The summed E-state index contributed by atoms with van der Waals surface area (Å²) >= 11 is 13.5. The predicted octanol–water partition coefficient (Wildman–Crippen LogP) is 4.94. The van der Waals surface area contributed by atoms with Crippen molar-refractivity contribution in [1.29, 1.82) is 0 Å². The topological polar surface area (TPSA) is 89.6 Å². The van der Waals surface area contributed by atoms with E-state index in [1.807, 2.05) is 25.1 Å². The summed E-state index contributed by atoms with van der Waals surface area (Å²) in [6, 6.07) is 12.6. The van der Waals surface area contributed by atoms with Crippen LogP contribution in [-0.4, -0.2) is 17.1 Å². The van der Waals surface area contributed by atoms with Crippen molar-refractivity contribution >= 4 is 51.8 Å². The smallest absolute Gasteiger partial charge is 0.283 e. The number of thiazole rings is 1. The van der Waals surface area contributed by atoms with E-state index in [9.17, 15) is 4.79 Å². The highest BCUT2D eigenvalue weighted by atomic mass is 35.5. The standard InChI is InChI=1S/C20H18Cl2N4O2S/c1-2-16-18(29-20(23)25-16)19(27)26-24-10-12-6-3-4-9-17(12)28-11-13-14(21)7-5-8-15(13)22/h3-10H,2,11H2,1H3,(H2,23,25)(H,26,27)/b24-10+. The summed E-state index contributed by atoms with van der Waals surface area (Å²) < 4.78 is 5.87. The Labute approximate surface area is 182 Å². The molecule has 29 heavy (non-hydrogen) atoms. The number of carbonyl (C=O) groups excluding carboxylic acids is 1. The number of aromatic nitrogens is 1. The summed E-state index contributed by atoms with van der Waals surface area (Å²) in [7, 11) is 0. The van der Waals surface area contributed by atoms with Crippen molar-refractivity contribution in [2.45, 2.75) is 20.0 Å². The van der Waals surface area contributed by atoms with Crippen LogP contribution in [0.15, 0.2) is 47.6 Å². The lowest BCUT2D eigenvalue weighted by Crippen LogP contribution is -2.17. The molecule has 3 N–H and O–H groups in total. The molecule has 0 saturated heterocycles. The molecular weight excluding hydrogens is 431 g/mol. The largest absolute Gasteiger partial charge is 0.488 e. The minimum absolute atomic E-state index is 0.204. The summed E-state index contributed by atoms with van der Waals surface area (Å²) in [5.41, 5.74) is 10.2. The van der Waals surface area contributed by atoms with Gasteiger partial charge in [0, 0.05) is 21.2 Å². The number of halogens is 2. The van der Waals surface area contributed by atoms with Gasteiger partial charge in [0.2, 0.25) is 0 Å². The number of nitrogens with one attached hydrogen (secondary N) is 1. The maximum absolute atomic E-state index is 12.3. The Hall–Kier alpha value is -2.61. The summed E-state index contributed by atoms with van der Waals surface area (Å²) in [4.78, 5) is 16.9. The van der Waals surface area contributed by atoms with E-state index in [1.54, 1.807) is 24.3 Å². The van der Waals surface area contributed by atoms with Gasteiger partial charge >= 0.3 is 0 Å². The Morgan fingerprint density at radius 2 is 1.97 bits per heavy atom. The number of benzene rings is 2. The van der Waals surface area contributed by atoms with Gasteiger partial charge in [-0.15, -0.1) is 0 Å². The first-order valence-electron chi connectivity index (χ1n) is 8.73. The molecule has 0 bridgehead atoms. The van der Waals surface area contributed by atoms with Crippen LogP contribution >= 0.6 is 34.5 Å². The van der Waals surface area contributed by atoms with Crippen LogP contribution in [0.3, 0.4) is 0 Å². The Morgan fingerprint density at radius 3 is 2.69 bits per heavy atom. The Balaban J connectivity index is 1.69. The third-order valence-corrected chi connectivity index (χ3v) is 5.61. The van der Waals surface area contributed by atoms with Gasteiger partial charge in [-0.1, -0.05) is 59.7 Å². The number of nitrogen functional groups attached to an aromatic ring is 1. The molecule has 150 valence electrons. The number of carbonyl (C=O) groups is 1. The van der Waals surface area contributed by atoms with Crippen molar-refractivity contribution < 1.29 is 9.53 Å². The molecule has 3 rings (SSSR count). The number of rotatable bonds is 7. The molecule has 0 saturated carbocycles. The van der Waals surface area contributed by atoms with Crippen molar-refractivity contribution in [2.24, 2.45) is 5.10 Å². The second kappa shape index (κ2) is 9.73. The molecule has 1 aromatic heterocycles. The van der Waals surface area contributed by atoms with Crippen molar-refractivity contribution in [3.63, 3.8) is 0 Å². The highest BCUT2D eigenvalue weighted by molar-refractivity contribution is 7.17. The molecule has 0 aliphatic carbocycles. The van der Waals surface area contributed by atoms with E-state index >= 15 is 0 Å². The highest BCUT2D eigenvalue weighted by Crippen LogP contribution is 2.26. The number of nitrogens with two attached hydrogens (primary N) is 1. The van der Waals surface area contributed by atoms with E-state index in [0.29, 0.717) is 49.0 Å². The summed E-state index contributed by atoms with van der Waals surface area (Å²) in [5, 5.41) is 5.46. The van der Waals surface area contributed by atoms with Crippen molar-refractivity contribution in [1.82, 2.24) is 10.4 Å². The lowest BCUT2D eigenvalue weighted by Gasteiger charge is -2.11. The zero-order valence-corrected chi connectivity index (χ0v) is 17.8. The van der Waals surface area contributed by atoms with Crippen molar-refractivity contribution in [2.75, 3.05) is 5.73 Å². The monoisotopic (exact) mass is 448 g/mol. The number of hydrogen-bond acceptors (Lipinski definition) is 6. The molecule has 0 spiro atoms. The maximum Gasteiger partial charge on any atom is 0.283 e.